The van der Waals surface area contributed by atoms with E-state index in [0.717, 1.165) is 5.56 Å². The molecule has 0 aromatic heterocycles. The molecule has 0 aliphatic carbocycles. The Morgan fingerprint density at radius 1 is 0.727 bits per heavy atom. The molecule has 166 valence electrons. The van der Waals surface area contributed by atoms with Gasteiger partial charge >= 0.3 is 0 Å². The Kier molecular flexibility index (Phi) is 7.23. The van der Waals surface area contributed by atoms with Crippen molar-refractivity contribution < 1.29 is 19.0 Å². The Morgan fingerprint density at radius 3 is 2.18 bits per heavy atom. The van der Waals surface area contributed by atoms with Crippen LogP contribution in [0.1, 0.15) is 22.8 Å². The number of hydrogen-bond donors (Lipinski definition) is 1. The molecule has 5 nitrogen and oxygen atoms in total. The summed E-state index contributed by atoms with van der Waals surface area (Å²) in [7, 11) is 0. The van der Waals surface area contributed by atoms with Crippen molar-refractivity contribution in [2.75, 3.05) is 11.9 Å². The Hall–Kier alpha value is -4.25. The van der Waals surface area contributed by atoms with E-state index in [4.69, 9.17) is 14.2 Å². The maximum absolute atomic E-state index is 13.0. The molecular formula is C28H25NO4. The predicted molar refractivity (Wildman–Crippen MR) is 129 cm³/mol. The van der Waals surface area contributed by atoms with Gasteiger partial charge in [-0.3, -0.25) is 4.79 Å². The average Bonchev–Trinajstić information content (AvgIpc) is 2.86. The quantitative estimate of drug-likeness (QED) is 0.315. The molecule has 4 aromatic carbocycles. The number of carbonyl (C=O) groups is 1. The van der Waals surface area contributed by atoms with Crippen LogP contribution in [0.4, 0.5) is 5.69 Å². The van der Waals surface area contributed by atoms with Crippen molar-refractivity contribution >= 4 is 11.6 Å². The van der Waals surface area contributed by atoms with Crippen LogP contribution in [-0.2, 0) is 6.61 Å². The molecule has 4 rings (SSSR count). The smallest absolute Gasteiger partial charge is 0.255 e. The van der Waals surface area contributed by atoms with Crippen LogP contribution in [0.25, 0.3) is 0 Å². The first kappa shape index (κ1) is 22.0. The summed E-state index contributed by atoms with van der Waals surface area (Å²) in [6.07, 6.45) is 0. The van der Waals surface area contributed by atoms with Gasteiger partial charge in [0.25, 0.3) is 5.91 Å². The van der Waals surface area contributed by atoms with Gasteiger partial charge in [0.15, 0.2) is 17.2 Å². The number of carbonyl (C=O) groups excluding carboxylic acids is 1. The first-order chi connectivity index (χ1) is 16.2. The van der Waals surface area contributed by atoms with Crippen molar-refractivity contribution in [2.24, 2.45) is 0 Å². The number of ether oxygens (including phenoxy) is 3. The number of anilines is 1. The molecule has 4 aromatic rings. The molecule has 0 saturated heterocycles. The fraction of sp³-hybridized carbons (Fsp3) is 0.107. The molecule has 0 spiro atoms. The van der Waals surface area contributed by atoms with Crippen LogP contribution in [0.15, 0.2) is 103 Å². The van der Waals surface area contributed by atoms with E-state index < -0.39 is 0 Å². The standard InChI is InChI=1S/C28H25NO4/c1-2-31-27-19-22(17-18-26(27)32-20-21-11-5-3-6-12-21)28(30)29-24-15-9-10-16-25(24)33-23-13-7-4-8-14-23/h3-19H,2,20H2,1H3,(H,29,30). The lowest BCUT2D eigenvalue weighted by atomic mass is 10.1. The largest absolute Gasteiger partial charge is 0.490 e. The molecule has 0 unspecified atom stereocenters. The second-order valence-corrected chi connectivity index (χ2v) is 7.23. The number of hydrogen-bond acceptors (Lipinski definition) is 4. The van der Waals surface area contributed by atoms with E-state index >= 15 is 0 Å². The molecule has 0 saturated carbocycles. The summed E-state index contributed by atoms with van der Waals surface area (Å²) in [6.45, 7) is 2.77. The van der Waals surface area contributed by atoms with E-state index in [1.165, 1.54) is 0 Å². The SMILES string of the molecule is CCOc1cc(C(=O)Nc2ccccc2Oc2ccccc2)ccc1OCc1ccccc1. The first-order valence-corrected chi connectivity index (χ1v) is 10.8. The van der Waals surface area contributed by atoms with Crippen molar-refractivity contribution in [3.05, 3.63) is 114 Å². The lowest BCUT2D eigenvalue weighted by molar-refractivity contribution is 0.102. The highest BCUT2D eigenvalue weighted by Gasteiger charge is 2.14. The van der Waals surface area contributed by atoms with Crippen LogP contribution in [0.5, 0.6) is 23.0 Å². The highest BCUT2D eigenvalue weighted by atomic mass is 16.5. The lowest BCUT2D eigenvalue weighted by Crippen LogP contribution is -2.13. The Balaban J connectivity index is 1.50. The van der Waals surface area contributed by atoms with Gasteiger partial charge in [-0.25, -0.2) is 0 Å². The van der Waals surface area contributed by atoms with Crippen LogP contribution >= 0.6 is 0 Å². The van der Waals surface area contributed by atoms with Gasteiger partial charge in [0.2, 0.25) is 0 Å². The van der Waals surface area contributed by atoms with E-state index in [1.54, 1.807) is 24.3 Å². The van der Waals surface area contributed by atoms with Crippen molar-refractivity contribution in [1.82, 2.24) is 0 Å². The molecule has 5 heteroatoms. The van der Waals surface area contributed by atoms with Gasteiger partial charge in [-0.15, -0.1) is 0 Å². The lowest BCUT2D eigenvalue weighted by Gasteiger charge is -2.15. The topological polar surface area (TPSA) is 56.8 Å². The first-order valence-electron chi connectivity index (χ1n) is 10.8. The zero-order valence-corrected chi connectivity index (χ0v) is 18.4. The van der Waals surface area contributed by atoms with Crippen LogP contribution < -0.4 is 19.5 Å². The maximum Gasteiger partial charge on any atom is 0.255 e. The zero-order valence-electron chi connectivity index (χ0n) is 18.4. The summed E-state index contributed by atoms with van der Waals surface area (Å²) in [5.74, 6) is 2.09. The summed E-state index contributed by atoms with van der Waals surface area (Å²) in [6, 6.07) is 31.8. The van der Waals surface area contributed by atoms with Crippen LogP contribution in [0.2, 0.25) is 0 Å². The second-order valence-electron chi connectivity index (χ2n) is 7.23. The third kappa shape index (κ3) is 5.92. The summed E-state index contributed by atoms with van der Waals surface area (Å²) >= 11 is 0. The molecular weight excluding hydrogens is 414 g/mol. The van der Waals surface area contributed by atoms with Gasteiger partial charge in [0.1, 0.15) is 12.4 Å². The second kappa shape index (κ2) is 10.9. The van der Waals surface area contributed by atoms with E-state index in [1.807, 2.05) is 85.8 Å². The van der Waals surface area contributed by atoms with Crippen molar-refractivity contribution in [3.8, 4) is 23.0 Å². The zero-order chi connectivity index (χ0) is 22.9. The molecule has 0 aliphatic rings. The highest BCUT2D eigenvalue weighted by Crippen LogP contribution is 2.32. The van der Waals surface area contributed by atoms with Crippen molar-refractivity contribution in [3.63, 3.8) is 0 Å². The summed E-state index contributed by atoms with van der Waals surface area (Å²) < 4.78 is 17.6. The van der Waals surface area contributed by atoms with Gasteiger partial charge < -0.3 is 19.5 Å². The van der Waals surface area contributed by atoms with Crippen molar-refractivity contribution in [1.29, 1.82) is 0 Å². The fourth-order valence-corrected chi connectivity index (χ4v) is 3.24. The van der Waals surface area contributed by atoms with Crippen LogP contribution in [0.3, 0.4) is 0 Å². The van der Waals surface area contributed by atoms with E-state index in [2.05, 4.69) is 5.32 Å². The van der Waals surface area contributed by atoms with E-state index in [0.29, 0.717) is 47.5 Å². The third-order valence-corrected chi connectivity index (χ3v) is 4.85. The average molecular weight is 440 g/mol. The highest BCUT2D eigenvalue weighted by molar-refractivity contribution is 6.05. The van der Waals surface area contributed by atoms with E-state index in [-0.39, 0.29) is 5.91 Å². The molecule has 0 bridgehead atoms. The molecule has 0 radical (unpaired) electrons. The number of para-hydroxylation sites is 3. The predicted octanol–water partition coefficient (Wildman–Crippen LogP) is 6.71. The van der Waals surface area contributed by atoms with Gasteiger partial charge in [-0.2, -0.15) is 0 Å². The van der Waals surface area contributed by atoms with Crippen molar-refractivity contribution in [2.45, 2.75) is 13.5 Å². The minimum atomic E-state index is -0.269. The van der Waals surface area contributed by atoms with Crippen LogP contribution in [0, 0.1) is 0 Å². The third-order valence-electron chi connectivity index (χ3n) is 4.85. The minimum absolute atomic E-state index is 0.269. The van der Waals surface area contributed by atoms with Gasteiger partial charge in [-0.1, -0.05) is 60.7 Å². The summed E-state index contributed by atoms with van der Waals surface area (Å²) in [5.41, 5.74) is 2.09. The Labute approximate surface area is 193 Å². The summed E-state index contributed by atoms with van der Waals surface area (Å²) in [4.78, 5) is 13.0. The molecule has 1 amide bonds. The number of benzene rings is 4. The van der Waals surface area contributed by atoms with E-state index in [9.17, 15) is 4.79 Å². The molecule has 0 fully saturated rings. The normalized spacial score (nSPS) is 10.3. The molecule has 33 heavy (non-hydrogen) atoms. The Morgan fingerprint density at radius 2 is 1.42 bits per heavy atom. The minimum Gasteiger partial charge on any atom is -0.490 e. The fourth-order valence-electron chi connectivity index (χ4n) is 3.24. The van der Waals surface area contributed by atoms with Crippen LogP contribution in [-0.4, -0.2) is 12.5 Å². The monoisotopic (exact) mass is 439 g/mol. The van der Waals surface area contributed by atoms with Gasteiger partial charge in [0.05, 0.1) is 12.3 Å². The maximum atomic E-state index is 13.0. The molecule has 1 N–H and O–H groups in total. The summed E-state index contributed by atoms with van der Waals surface area (Å²) in [5, 5.41) is 2.93. The molecule has 0 aliphatic heterocycles. The Bertz CT molecular complexity index is 1190. The van der Waals surface area contributed by atoms with Gasteiger partial charge in [0, 0.05) is 5.56 Å². The molecule has 0 atom stereocenters. The number of nitrogens with one attached hydrogen (secondary N) is 1. The molecule has 0 heterocycles. The van der Waals surface area contributed by atoms with Gasteiger partial charge in [-0.05, 0) is 55.0 Å². The number of rotatable bonds is 9. The number of amides is 1.